The molecule has 3 rings (SSSR count). The second kappa shape index (κ2) is 4.74. The number of hydrogen-bond acceptors (Lipinski definition) is 2. The summed E-state index contributed by atoms with van der Waals surface area (Å²) in [7, 11) is 0. The summed E-state index contributed by atoms with van der Waals surface area (Å²) in [6.07, 6.45) is 3.51. The van der Waals surface area contributed by atoms with Gasteiger partial charge in [-0.25, -0.2) is 4.98 Å². The van der Waals surface area contributed by atoms with Gasteiger partial charge in [0.1, 0.15) is 5.15 Å². The van der Waals surface area contributed by atoms with Gasteiger partial charge in [0.2, 0.25) is 0 Å². The number of nitrogens with zero attached hydrogens (tertiary/aromatic N) is 2. The standard InChI is InChI=1S/C14H10ClN3O/c15-13-9-11(10-5-1-2-6-12(10)16-13)14(19)17-18-7-3-4-8-18/h1-9H,(H,17,19). The Morgan fingerprint density at radius 3 is 2.68 bits per heavy atom. The Balaban J connectivity index is 2.06. The molecule has 0 aliphatic heterocycles. The Bertz CT molecular complexity index is 738. The van der Waals surface area contributed by atoms with E-state index in [-0.39, 0.29) is 5.91 Å². The largest absolute Gasteiger partial charge is 0.270 e. The van der Waals surface area contributed by atoms with E-state index in [1.807, 2.05) is 36.4 Å². The van der Waals surface area contributed by atoms with E-state index in [1.54, 1.807) is 23.1 Å². The van der Waals surface area contributed by atoms with Gasteiger partial charge >= 0.3 is 0 Å². The maximum absolute atomic E-state index is 12.3. The summed E-state index contributed by atoms with van der Waals surface area (Å²) in [4.78, 5) is 16.5. The minimum atomic E-state index is -0.225. The lowest BCUT2D eigenvalue weighted by molar-refractivity contribution is 0.101. The summed E-state index contributed by atoms with van der Waals surface area (Å²) < 4.78 is 1.59. The Morgan fingerprint density at radius 2 is 1.89 bits per heavy atom. The molecule has 0 saturated heterocycles. The number of para-hydroxylation sites is 1. The molecule has 19 heavy (non-hydrogen) atoms. The van der Waals surface area contributed by atoms with Gasteiger partial charge in [-0.2, -0.15) is 0 Å². The predicted octanol–water partition coefficient (Wildman–Crippen LogP) is 3.07. The van der Waals surface area contributed by atoms with E-state index in [4.69, 9.17) is 11.6 Å². The molecule has 0 fully saturated rings. The molecule has 0 atom stereocenters. The van der Waals surface area contributed by atoms with E-state index in [1.165, 1.54) is 0 Å². The molecule has 0 bridgehead atoms. The first-order chi connectivity index (χ1) is 9.24. The molecule has 2 aromatic heterocycles. The molecule has 2 heterocycles. The highest BCUT2D eigenvalue weighted by Gasteiger charge is 2.12. The minimum absolute atomic E-state index is 0.225. The van der Waals surface area contributed by atoms with E-state index in [0.29, 0.717) is 16.2 Å². The molecule has 0 aliphatic carbocycles. The molecule has 4 nitrogen and oxygen atoms in total. The summed E-state index contributed by atoms with van der Waals surface area (Å²) in [6, 6.07) is 12.6. The zero-order chi connectivity index (χ0) is 13.2. The van der Waals surface area contributed by atoms with Crippen molar-refractivity contribution in [2.45, 2.75) is 0 Å². The molecule has 1 aromatic carbocycles. The van der Waals surface area contributed by atoms with Crippen molar-refractivity contribution in [3.8, 4) is 0 Å². The summed E-state index contributed by atoms with van der Waals surface area (Å²) in [5.74, 6) is -0.225. The van der Waals surface area contributed by atoms with Gasteiger partial charge in [-0.1, -0.05) is 29.8 Å². The van der Waals surface area contributed by atoms with Gasteiger partial charge in [0.15, 0.2) is 0 Å². The van der Waals surface area contributed by atoms with Crippen molar-refractivity contribution < 1.29 is 4.79 Å². The van der Waals surface area contributed by atoms with Gasteiger partial charge in [-0.15, -0.1) is 0 Å². The molecule has 3 aromatic rings. The fourth-order valence-corrected chi connectivity index (χ4v) is 2.12. The van der Waals surface area contributed by atoms with Gasteiger partial charge < -0.3 is 0 Å². The van der Waals surface area contributed by atoms with E-state index in [2.05, 4.69) is 10.4 Å². The van der Waals surface area contributed by atoms with Crippen LogP contribution in [0.2, 0.25) is 5.15 Å². The number of nitrogens with one attached hydrogen (secondary N) is 1. The van der Waals surface area contributed by atoms with E-state index < -0.39 is 0 Å². The van der Waals surface area contributed by atoms with Crippen molar-refractivity contribution in [1.82, 2.24) is 9.66 Å². The van der Waals surface area contributed by atoms with Gasteiger partial charge in [-0.3, -0.25) is 14.9 Å². The number of halogens is 1. The Kier molecular flexibility index (Phi) is 2.93. The van der Waals surface area contributed by atoms with Crippen LogP contribution in [0, 0.1) is 0 Å². The molecular weight excluding hydrogens is 262 g/mol. The third kappa shape index (κ3) is 2.30. The van der Waals surface area contributed by atoms with Crippen LogP contribution in [0.25, 0.3) is 10.9 Å². The van der Waals surface area contributed by atoms with Gasteiger partial charge in [0, 0.05) is 17.8 Å². The predicted molar refractivity (Wildman–Crippen MR) is 74.9 cm³/mol. The van der Waals surface area contributed by atoms with Gasteiger partial charge in [-0.05, 0) is 24.3 Å². The summed E-state index contributed by atoms with van der Waals surface area (Å²) in [6.45, 7) is 0. The number of aromatic nitrogens is 2. The number of carbonyl (C=O) groups is 1. The van der Waals surface area contributed by atoms with E-state index in [0.717, 1.165) is 5.39 Å². The highest BCUT2D eigenvalue weighted by molar-refractivity contribution is 6.30. The van der Waals surface area contributed by atoms with Crippen molar-refractivity contribution >= 4 is 28.4 Å². The zero-order valence-electron chi connectivity index (χ0n) is 9.88. The average molecular weight is 272 g/mol. The fourth-order valence-electron chi connectivity index (χ4n) is 1.92. The normalized spacial score (nSPS) is 10.6. The summed E-state index contributed by atoms with van der Waals surface area (Å²) >= 11 is 5.95. The van der Waals surface area contributed by atoms with Crippen LogP contribution in [0.5, 0.6) is 0 Å². The first-order valence-electron chi connectivity index (χ1n) is 5.74. The van der Waals surface area contributed by atoms with Crippen molar-refractivity contribution in [3.05, 3.63) is 65.6 Å². The minimum Gasteiger partial charge on any atom is -0.268 e. The van der Waals surface area contributed by atoms with E-state index >= 15 is 0 Å². The smallest absolute Gasteiger partial charge is 0.268 e. The Labute approximate surface area is 114 Å². The van der Waals surface area contributed by atoms with Crippen LogP contribution >= 0.6 is 11.6 Å². The number of fused-ring (bicyclic) bond motifs is 1. The molecule has 5 heteroatoms. The van der Waals surface area contributed by atoms with Crippen molar-refractivity contribution in [3.63, 3.8) is 0 Å². The van der Waals surface area contributed by atoms with Gasteiger partial charge in [0.25, 0.3) is 5.91 Å². The number of hydrogen-bond donors (Lipinski definition) is 1. The molecule has 1 amide bonds. The molecule has 0 aliphatic rings. The lowest BCUT2D eigenvalue weighted by Crippen LogP contribution is -2.21. The maximum Gasteiger partial charge on any atom is 0.270 e. The number of pyridine rings is 1. The quantitative estimate of drug-likeness (QED) is 0.728. The first kappa shape index (κ1) is 11.7. The van der Waals surface area contributed by atoms with Crippen LogP contribution < -0.4 is 5.43 Å². The second-order valence-corrected chi connectivity index (χ2v) is 4.43. The van der Waals surface area contributed by atoms with Crippen LogP contribution in [-0.2, 0) is 0 Å². The second-order valence-electron chi connectivity index (χ2n) is 4.04. The Hall–Kier alpha value is -2.33. The zero-order valence-corrected chi connectivity index (χ0v) is 10.6. The molecular formula is C14H10ClN3O. The van der Waals surface area contributed by atoms with Crippen LogP contribution in [0.4, 0.5) is 0 Å². The Morgan fingerprint density at radius 1 is 1.16 bits per heavy atom. The summed E-state index contributed by atoms with van der Waals surface area (Å²) in [5.41, 5.74) is 3.95. The first-order valence-corrected chi connectivity index (χ1v) is 6.11. The molecule has 0 unspecified atom stereocenters. The molecule has 0 saturated carbocycles. The van der Waals surface area contributed by atoms with Crippen LogP contribution in [-0.4, -0.2) is 15.6 Å². The molecule has 0 spiro atoms. The third-order valence-electron chi connectivity index (χ3n) is 2.76. The molecule has 1 N–H and O–H groups in total. The molecule has 94 valence electrons. The van der Waals surface area contributed by atoms with Crippen LogP contribution in [0.15, 0.2) is 54.9 Å². The van der Waals surface area contributed by atoms with Gasteiger partial charge in [0.05, 0.1) is 11.1 Å². The molecule has 0 radical (unpaired) electrons. The SMILES string of the molecule is O=C(Nn1cccc1)c1cc(Cl)nc2ccccc12. The number of benzene rings is 1. The van der Waals surface area contributed by atoms with E-state index in [9.17, 15) is 4.79 Å². The maximum atomic E-state index is 12.3. The highest BCUT2D eigenvalue weighted by atomic mass is 35.5. The summed E-state index contributed by atoms with van der Waals surface area (Å²) in [5, 5.41) is 1.08. The lowest BCUT2D eigenvalue weighted by atomic mass is 10.1. The average Bonchev–Trinajstić information content (AvgIpc) is 2.90. The highest BCUT2D eigenvalue weighted by Crippen LogP contribution is 2.20. The topological polar surface area (TPSA) is 46.9 Å². The lowest BCUT2D eigenvalue weighted by Gasteiger charge is -2.09. The monoisotopic (exact) mass is 271 g/mol. The number of amides is 1. The third-order valence-corrected chi connectivity index (χ3v) is 2.96. The fraction of sp³-hybridized carbons (Fsp3) is 0. The van der Waals surface area contributed by atoms with Crippen molar-refractivity contribution in [2.24, 2.45) is 0 Å². The number of rotatable bonds is 2. The van der Waals surface area contributed by atoms with Crippen molar-refractivity contribution in [2.75, 3.05) is 5.43 Å². The van der Waals surface area contributed by atoms with Crippen molar-refractivity contribution in [1.29, 1.82) is 0 Å². The number of carbonyl (C=O) groups excluding carboxylic acids is 1. The van der Waals surface area contributed by atoms with Crippen LogP contribution in [0.1, 0.15) is 10.4 Å². The van der Waals surface area contributed by atoms with Crippen LogP contribution in [0.3, 0.4) is 0 Å².